The highest BCUT2D eigenvalue weighted by Crippen LogP contribution is 2.36. The van der Waals surface area contributed by atoms with Crippen molar-refractivity contribution < 1.29 is 5.11 Å². The minimum absolute atomic E-state index is 0.113. The van der Waals surface area contributed by atoms with Gasteiger partial charge in [-0.15, -0.1) is 0 Å². The van der Waals surface area contributed by atoms with Crippen molar-refractivity contribution in [2.24, 2.45) is 5.73 Å². The van der Waals surface area contributed by atoms with Gasteiger partial charge in [0, 0.05) is 25.0 Å². The lowest BCUT2D eigenvalue weighted by Crippen LogP contribution is -2.29. The highest BCUT2D eigenvalue weighted by Gasteiger charge is 2.40. The van der Waals surface area contributed by atoms with Crippen LogP contribution in [0.5, 0.6) is 0 Å². The normalized spacial score (nSPS) is 32.4. The number of aliphatic hydroxyl groups is 1. The summed E-state index contributed by atoms with van der Waals surface area (Å²) in [5.74, 6) is 0.771. The van der Waals surface area contributed by atoms with Gasteiger partial charge in [0.25, 0.3) is 0 Å². The molecule has 0 radical (unpaired) electrons. The lowest BCUT2D eigenvalue weighted by molar-refractivity contribution is 0.0303. The predicted octanol–water partition coefficient (Wildman–Crippen LogP) is 0.602. The molecule has 1 aromatic rings. The number of hydrogen-bond acceptors (Lipinski definition) is 3. The van der Waals surface area contributed by atoms with Crippen molar-refractivity contribution in [3.05, 3.63) is 18.2 Å². The molecule has 2 unspecified atom stereocenters. The molecule has 0 amide bonds. The second-order valence-corrected chi connectivity index (χ2v) is 4.07. The highest BCUT2D eigenvalue weighted by atomic mass is 16.3. The van der Waals surface area contributed by atoms with E-state index in [1.54, 1.807) is 6.20 Å². The number of hydrogen-bond donors (Lipinski definition) is 2. The van der Waals surface area contributed by atoms with Crippen LogP contribution in [0.2, 0.25) is 0 Å². The summed E-state index contributed by atoms with van der Waals surface area (Å²) in [7, 11) is 0. The summed E-state index contributed by atoms with van der Waals surface area (Å²) in [4.78, 5) is 4.23. The molecule has 0 bridgehead atoms. The van der Waals surface area contributed by atoms with Crippen molar-refractivity contribution in [2.75, 3.05) is 0 Å². The smallest absolute Gasteiger partial charge is 0.140 e. The van der Waals surface area contributed by atoms with Gasteiger partial charge in [-0.05, 0) is 26.2 Å². The van der Waals surface area contributed by atoms with E-state index in [4.69, 9.17) is 5.73 Å². The summed E-state index contributed by atoms with van der Waals surface area (Å²) >= 11 is 0. The molecule has 3 N–H and O–H groups in total. The Morgan fingerprint density at radius 2 is 2.57 bits per heavy atom. The molecule has 0 aliphatic heterocycles. The van der Waals surface area contributed by atoms with Crippen LogP contribution < -0.4 is 5.73 Å². The average Bonchev–Trinajstić information content (AvgIpc) is 2.73. The van der Waals surface area contributed by atoms with E-state index in [9.17, 15) is 5.11 Å². The van der Waals surface area contributed by atoms with Gasteiger partial charge in [-0.2, -0.15) is 0 Å². The zero-order chi connectivity index (χ0) is 10.2. The Balaban J connectivity index is 2.30. The van der Waals surface area contributed by atoms with Gasteiger partial charge < -0.3 is 15.4 Å². The molecule has 14 heavy (non-hydrogen) atoms. The standard InChI is InChI=1S/C10H17N3O/c1-2-13-6-5-12-9(13)10(14)4-3-8(11)7-10/h5-6,8,14H,2-4,7,11H2,1H3. The van der Waals surface area contributed by atoms with E-state index in [-0.39, 0.29) is 6.04 Å². The maximum atomic E-state index is 10.4. The highest BCUT2D eigenvalue weighted by molar-refractivity contribution is 5.09. The van der Waals surface area contributed by atoms with Crippen LogP contribution in [0.25, 0.3) is 0 Å². The van der Waals surface area contributed by atoms with Crippen molar-refractivity contribution in [1.29, 1.82) is 0 Å². The zero-order valence-electron chi connectivity index (χ0n) is 8.48. The molecule has 0 saturated heterocycles. The molecular weight excluding hydrogens is 178 g/mol. The lowest BCUT2D eigenvalue weighted by Gasteiger charge is -2.22. The number of rotatable bonds is 2. The fraction of sp³-hybridized carbons (Fsp3) is 0.700. The first-order valence-corrected chi connectivity index (χ1v) is 5.15. The monoisotopic (exact) mass is 195 g/mol. The molecule has 78 valence electrons. The summed E-state index contributed by atoms with van der Waals surface area (Å²) < 4.78 is 1.98. The van der Waals surface area contributed by atoms with Crippen LogP contribution in [0, 0.1) is 0 Å². The first kappa shape index (κ1) is 9.68. The van der Waals surface area contributed by atoms with Gasteiger partial charge in [0.2, 0.25) is 0 Å². The van der Waals surface area contributed by atoms with E-state index >= 15 is 0 Å². The molecular formula is C10H17N3O. The third-order valence-corrected chi connectivity index (χ3v) is 3.00. The molecule has 1 aliphatic carbocycles. The van der Waals surface area contributed by atoms with Gasteiger partial charge >= 0.3 is 0 Å². The van der Waals surface area contributed by atoms with E-state index in [0.29, 0.717) is 6.42 Å². The molecule has 1 fully saturated rings. The quantitative estimate of drug-likeness (QED) is 0.726. The van der Waals surface area contributed by atoms with Gasteiger partial charge in [0.1, 0.15) is 11.4 Å². The van der Waals surface area contributed by atoms with Crippen molar-refractivity contribution >= 4 is 0 Å². The molecule has 4 nitrogen and oxygen atoms in total. The summed E-state index contributed by atoms with van der Waals surface area (Å²) in [6, 6.07) is 0.113. The molecule has 1 aliphatic rings. The predicted molar refractivity (Wildman–Crippen MR) is 53.6 cm³/mol. The maximum Gasteiger partial charge on any atom is 0.140 e. The maximum absolute atomic E-state index is 10.4. The van der Waals surface area contributed by atoms with E-state index in [1.807, 2.05) is 17.7 Å². The third-order valence-electron chi connectivity index (χ3n) is 3.00. The van der Waals surface area contributed by atoms with Crippen molar-refractivity contribution in [1.82, 2.24) is 9.55 Å². The first-order valence-electron chi connectivity index (χ1n) is 5.15. The second-order valence-electron chi connectivity index (χ2n) is 4.07. The Kier molecular flexibility index (Phi) is 2.33. The van der Waals surface area contributed by atoms with Crippen LogP contribution in [-0.4, -0.2) is 20.7 Å². The molecule has 2 rings (SSSR count). The minimum Gasteiger partial charge on any atom is -0.382 e. The number of imidazole rings is 1. The largest absolute Gasteiger partial charge is 0.382 e. The Labute approximate surface area is 83.8 Å². The zero-order valence-corrected chi connectivity index (χ0v) is 8.48. The van der Waals surface area contributed by atoms with Crippen LogP contribution in [0.1, 0.15) is 32.0 Å². The lowest BCUT2D eigenvalue weighted by atomic mass is 10.0. The summed E-state index contributed by atoms with van der Waals surface area (Å²) in [6.45, 7) is 2.89. The second kappa shape index (κ2) is 3.37. The van der Waals surface area contributed by atoms with Gasteiger partial charge in [0.15, 0.2) is 0 Å². The Morgan fingerprint density at radius 3 is 3.14 bits per heavy atom. The van der Waals surface area contributed by atoms with Gasteiger partial charge in [0.05, 0.1) is 0 Å². The number of nitrogens with two attached hydrogens (primary N) is 1. The molecule has 4 heteroatoms. The van der Waals surface area contributed by atoms with Crippen LogP contribution in [0.15, 0.2) is 12.4 Å². The molecule has 1 aromatic heterocycles. The Bertz CT molecular complexity index is 323. The molecule has 0 spiro atoms. The van der Waals surface area contributed by atoms with Crippen molar-refractivity contribution in [3.63, 3.8) is 0 Å². The topological polar surface area (TPSA) is 64.1 Å². The van der Waals surface area contributed by atoms with Gasteiger partial charge in [-0.1, -0.05) is 0 Å². The van der Waals surface area contributed by atoms with E-state index in [1.165, 1.54) is 0 Å². The van der Waals surface area contributed by atoms with Crippen LogP contribution in [0.4, 0.5) is 0 Å². The number of aryl methyl sites for hydroxylation is 1. The van der Waals surface area contributed by atoms with Crippen LogP contribution in [-0.2, 0) is 12.1 Å². The molecule has 0 aromatic carbocycles. The van der Waals surface area contributed by atoms with Crippen molar-refractivity contribution in [3.8, 4) is 0 Å². The van der Waals surface area contributed by atoms with Crippen LogP contribution >= 0.6 is 0 Å². The minimum atomic E-state index is -0.793. The summed E-state index contributed by atoms with van der Waals surface area (Å²) in [5, 5.41) is 10.4. The van der Waals surface area contributed by atoms with Gasteiger partial charge in [-0.3, -0.25) is 0 Å². The summed E-state index contributed by atoms with van der Waals surface area (Å²) in [5.41, 5.74) is 5.02. The Hall–Kier alpha value is -0.870. The third kappa shape index (κ3) is 1.44. The van der Waals surface area contributed by atoms with Gasteiger partial charge in [-0.25, -0.2) is 4.98 Å². The molecule has 1 heterocycles. The SMILES string of the molecule is CCn1ccnc1C1(O)CCC(N)C1. The van der Waals surface area contributed by atoms with Crippen molar-refractivity contribution in [2.45, 2.75) is 44.4 Å². The average molecular weight is 195 g/mol. The van der Waals surface area contributed by atoms with E-state index < -0.39 is 5.60 Å². The number of nitrogens with zero attached hydrogens (tertiary/aromatic N) is 2. The summed E-state index contributed by atoms with van der Waals surface area (Å²) in [6.07, 6.45) is 5.88. The first-order chi connectivity index (χ1) is 6.65. The Morgan fingerprint density at radius 1 is 1.79 bits per heavy atom. The molecule has 1 saturated carbocycles. The number of aromatic nitrogens is 2. The van der Waals surface area contributed by atoms with Crippen LogP contribution in [0.3, 0.4) is 0 Å². The fourth-order valence-electron chi connectivity index (χ4n) is 2.24. The van der Waals surface area contributed by atoms with E-state index in [2.05, 4.69) is 4.98 Å². The van der Waals surface area contributed by atoms with E-state index in [0.717, 1.165) is 25.2 Å². The fourth-order valence-corrected chi connectivity index (χ4v) is 2.24. The molecule has 2 atom stereocenters.